The predicted molar refractivity (Wildman–Crippen MR) is 85.1 cm³/mol. The molecule has 0 fully saturated rings. The zero-order chi connectivity index (χ0) is 14.7. The van der Waals surface area contributed by atoms with Gasteiger partial charge in [-0.05, 0) is 46.6 Å². The van der Waals surface area contributed by atoms with Crippen LogP contribution in [0, 0.1) is 5.82 Å². The van der Waals surface area contributed by atoms with Crippen molar-refractivity contribution in [3.05, 3.63) is 49.8 Å². The van der Waals surface area contributed by atoms with Crippen LogP contribution in [0.15, 0.2) is 34.8 Å². The lowest BCUT2D eigenvalue weighted by atomic mass is 10.1. The van der Waals surface area contributed by atoms with Crippen LogP contribution < -0.4 is 10.5 Å². The number of hydrogen-bond donors (Lipinski definition) is 1. The fourth-order valence-electron chi connectivity index (χ4n) is 1.76. The monoisotopic (exact) mass is 377 g/mol. The molecule has 0 aliphatic heterocycles. The molecule has 0 aliphatic rings. The van der Waals surface area contributed by atoms with Crippen molar-refractivity contribution in [1.29, 1.82) is 0 Å². The quantitative estimate of drug-likeness (QED) is 0.780. The lowest BCUT2D eigenvalue weighted by molar-refractivity contribution is 0.173. The average Bonchev–Trinajstić information content (AvgIpc) is 2.85. The highest BCUT2D eigenvalue weighted by Gasteiger charge is 2.23. The molecule has 0 saturated carbocycles. The summed E-state index contributed by atoms with van der Waals surface area (Å²) in [6, 6.07) is 7.82. The minimum Gasteiger partial charge on any atom is -0.482 e. The van der Waals surface area contributed by atoms with E-state index in [9.17, 15) is 4.39 Å². The number of hydrogen-bond acceptors (Lipinski definition) is 3. The third kappa shape index (κ3) is 3.73. The number of rotatable bonds is 5. The van der Waals surface area contributed by atoms with E-state index in [1.54, 1.807) is 12.1 Å². The van der Waals surface area contributed by atoms with E-state index in [1.165, 1.54) is 23.5 Å². The molecule has 6 heteroatoms. The summed E-state index contributed by atoms with van der Waals surface area (Å²) in [5.41, 5.74) is 6.12. The summed E-state index contributed by atoms with van der Waals surface area (Å²) in [7, 11) is 0. The Morgan fingerprint density at radius 2 is 2.15 bits per heavy atom. The first kappa shape index (κ1) is 15.8. The SMILES string of the molecule is CCC(N)C(Oc1cc(F)ccc1Br)c1ccc(Cl)s1. The van der Waals surface area contributed by atoms with E-state index in [0.29, 0.717) is 14.6 Å². The third-order valence-corrected chi connectivity index (χ3v) is 4.83. The van der Waals surface area contributed by atoms with Crippen LogP contribution in [-0.4, -0.2) is 6.04 Å². The van der Waals surface area contributed by atoms with Crippen LogP contribution in [0.2, 0.25) is 4.34 Å². The van der Waals surface area contributed by atoms with E-state index in [1.807, 2.05) is 13.0 Å². The van der Waals surface area contributed by atoms with E-state index in [4.69, 9.17) is 22.1 Å². The fraction of sp³-hybridized carbons (Fsp3) is 0.286. The van der Waals surface area contributed by atoms with Gasteiger partial charge in [-0.25, -0.2) is 4.39 Å². The van der Waals surface area contributed by atoms with Crippen molar-refractivity contribution < 1.29 is 9.13 Å². The molecule has 0 radical (unpaired) electrons. The Bertz CT molecular complexity index is 592. The Balaban J connectivity index is 2.30. The zero-order valence-electron chi connectivity index (χ0n) is 10.8. The second-order valence-corrected chi connectivity index (χ2v) is 6.93. The van der Waals surface area contributed by atoms with Crippen molar-refractivity contribution in [1.82, 2.24) is 0 Å². The fourth-order valence-corrected chi connectivity index (χ4v) is 3.26. The number of ether oxygens (including phenoxy) is 1. The molecule has 1 aromatic heterocycles. The molecule has 2 rings (SSSR count). The van der Waals surface area contributed by atoms with Crippen molar-refractivity contribution in [2.24, 2.45) is 5.73 Å². The molecule has 2 unspecified atom stereocenters. The summed E-state index contributed by atoms with van der Waals surface area (Å²) in [5.74, 6) is 0.0830. The number of thiophene rings is 1. The molecule has 20 heavy (non-hydrogen) atoms. The molecule has 1 heterocycles. The molecule has 2 aromatic rings. The van der Waals surface area contributed by atoms with E-state index in [-0.39, 0.29) is 18.0 Å². The van der Waals surface area contributed by atoms with E-state index in [2.05, 4.69) is 15.9 Å². The van der Waals surface area contributed by atoms with Gasteiger partial charge in [0.15, 0.2) is 0 Å². The number of benzene rings is 1. The van der Waals surface area contributed by atoms with Gasteiger partial charge in [0.1, 0.15) is 17.7 Å². The van der Waals surface area contributed by atoms with Crippen molar-refractivity contribution in [2.75, 3.05) is 0 Å². The van der Waals surface area contributed by atoms with Gasteiger partial charge < -0.3 is 10.5 Å². The third-order valence-electron chi connectivity index (χ3n) is 2.88. The van der Waals surface area contributed by atoms with E-state index >= 15 is 0 Å². The van der Waals surface area contributed by atoms with Gasteiger partial charge in [-0.2, -0.15) is 0 Å². The van der Waals surface area contributed by atoms with E-state index in [0.717, 1.165) is 11.3 Å². The van der Waals surface area contributed by atoms with Crippen LogP contribution in [0.1, 0.15) is 24.3 Å². The predicted octanol–water partition coefficient (Wildman–Crippen LogP) is 5.16. The highest BCUT2D eigenvalue weighted by Crippen LogP contribution is 2.35. The summed E-state index contributed by atoms with van der Waals surface area (Å²) in [5, 5.41) is 0. The minimum atomic E-state index is -0.351. The highest BCUT2D eigenvalue weighted by atomic mass is 79.9. The topological polar surface area (TPSA) is 35.2 Å². The molecule has 2 atom stereocenters. The molecular weight excluding hydrogens is 365 g/mol. The molecular formula is C14H14BrClFNOS. The maximum atomic E-state index is 13.3. The summed E-state index contributed by atoms with van der Waals surface area (Å²) in [6.45, 7) is 1.98. The van der Waals surface area contributed by atoms with Crippen LogP contribution in [0.4, 0.5) is 4.39 Å². The molecule has 108 valence electrons. The summed E-state index contributed by atoms with van der Waals surface area (Å²) in [4.78, 5) is 0.931. The number of halogens is 3. The Kier molecular flexibility index (Phi) is 5.43. The Morgan fingerprint density at radius 1 is 1.40 bits per heavy atom. The van der Waals surface area contributed by atoms with Gasteiger partial charge in [-0.15, -0.1) is 11.3 Å². The number of nitrogens with two attached hydrogens (primary N) is 1. The van der Waals surface area contributed by atoms with Gasteiger partial charge in [0.05, 0.1) is 8.81 Å². The maximum absolute atomic E-state index is 13.3. The highest BCUT2D eigenvalue weighted by molar-refractivity contribution is 9.10. The Labute approximate surface area is 134 Å². The molecule has 1 aromatic carbocycles. The first-order valence-corrected chi connectivity index (χ1v) is 8.12. The van der Waals surface area contributed by atoms with Crippen molar-refractivity contribution in [3.8, 4) is 5.75 Å². The minimum absolute atomic E-state index is 0.195. The second kappa shape index (κ2) is 6.89. The normalized spacial score (nSPS) is 14.1. The average molecular weight is 379 g/mol. The first-order valence-electron chi connectivity index (χ1n) is 6.13. The van der Waals surface area contributed by atoms with Crippen molar-refractivity contribution in [2.45, 2.75) is 25.5 Å². The van der Waals surface area contributed by atoms with Gasteiger partial charge >= 0.3 is 0 Å². The Morgan fingerprint density at radius 3 is 2.75 bits per heavy atom. The van der Waals surface area contributed by atoms with Gasteiger partial charge in [-0.1, -0.05) is 18.5 Å². The van der Waals surface area contributed by atoms with Gasteiger partial charge in [-0.3, -0.25) is 0 Å². The first-order chi connectivity index (χ1) is 9.51. The van der Waals surface area contributed by atoms with Crippen LogP contribution in [0.5, 0.6) is 5.75 Å². The van der Waals surface area contributed by atoms with Crippen LogP contribution in [0.25, 0.3) is 0 Å². The molecule has 2 nitrogen and oxygen atoms in total. The molecule has 2 N–H and O–H groups in total. The lowest BCUT2D eigenvalue weighted by Gasteiger charge is -2.24. The molecule has 0 amide bonds. The largest absolute Gasteiger partial charge is 0.482 e. The smallest absolute Gasteiger partial charge is 0.148 e. The van der Waals surface area contributed by atoms with Crippen LogP contribution in [-0.2, 0) is 0 Å². The molecule has 0 bridgehead atoms. The molecule has 0 aliphatic carbocycles. The maximum Gasteiger partial charge on any atom is 0.148 e. The standard InChI is InChI=1S/C14H14BrClFNOS/c1-2-10(18)14(12-5-6-13(16)20-12)19-11-7-8(17)3-4-9(11)15/h3-7,10,14H,2,18H2,1H3. The summed E-state index contributed by atoms with van der Waals surface area (Å²) < 4.78 is 20.6. The van der Waals surface area contributed by atoms with Gasteiger partial charge in [0, 0.05) is 17.0 Å². The van der Waals surface area contributed by atoms with Crippen molar-refractivity contribution >= 4 is 38.9 Å². The molecule has 0 spiro atoms. The van der Waals surface area contributed by atoms with E-state index < -0.39 is 0 Å². The Hall–Kier alpha value is -0.620. The molecule has 0 saturated heterocycles. The lowest BCUT2D eigenvalue weighted by Crippen LogP contribution is -2.31. The summed E-state index contributed by atoms with van der Waals surface area (Å²) >= 11 is 10.7. The summed E-state index contributed by atoms with van der Waals surface area (Å²) in [6.07, 6.45) is 0.392. The van der Waals surface area contributed by atoms with Gasteiger partial charge in [0.2, 0.25) is 0 Å². The van der Waals surface area contributed by atoms with Crippen LogP contribution >= 0.6 is 38.9 Å². The van der Waals surface area contributed by atoms with Crippen molar-refractivity contribution in [3.63, 3.8) is 0 Å². The second-order valence-electron chi connectivity index (χ2n) is 4.33. The van der Waals surface area contributed by atoms with Crippen LogP contribution in [0.3, 0.4) is 0 Å². The zero-order valence-corrected chi connectivity index (χ0v) is 13.9. The van der Waals surface area contributed by atoms with Gasteiger partial charge in [0.25, 0.3) is 0 Å².